The fourth-order valence-electron chi connectivity index (χ4n) is 1.73. The fourth-order valence-corrected chi connectivity index (χ4v) is 1.73. The smallest absolute Gasteiger partial charge is 0.339 e. The van der Waals surface area contributed by atoms with Gasteiger partial charge in [0.05, 0.1) is 11.3 Å². The van der Waals surface area contributed by atoms with Gasteiger partial charge in [-0.1, -0.05) is 13.8 Å². The summed E-state index contributed by atoms with van der Waals surface area (Å²) in [6, 6.07) is 0. The number of hydrogen-bond acceptors (Lipinski definition) is 5. The fraction of sp³-hybridized carbons (Fsp3) is 0.615. The van der Waals surface area contributed by atoms with Gasteiger partial charge >= 0.3 is 5.97 Å². The van der Waals surface area contributed by atoms with E-state index >= 15 is 0 Å². The number of anilines is 1. The normalized spacial score (nSPS) is 11.4. The topological polar surface area (TPSA) is 95.3 Å². The third kappa shape index (κ3) is 4.82. The lowest BCUT2D eigenvalue weighted by molar-refractivity contribution is 0.0695. The summed E-state index contributed by atoms with van der Waals surface area (Å²) in [5.41, 5.74) is 0.578. The molecular weight excluding hydrogens is 246 g/mol. The van der Waals surface area contributed by atoms with Crippen LogP contribution in [0.5, 0.6) is 0 Å². The zero-order valence-electron chi connectivity index (χ0n) is 11.6. The van der Waals surface area contributed by atoms with Crippen molar-refractivity contribution in [2.45, 2.75) is 33.6 Å². The number of carboxylic acid groups (broad SMARTS) is 1. The van der Waals surface area contributed by atoms with E-state index in [2.05, 4.69) is 29.1 Å². The van der Waals surface area contributed by atoms with Crippen LogP contribution in [-0.2, 0) is 0 Å². The lowest BCUT2D eigenvalue weighted by Gasteiger charge is -2.24. The first-order valence-corrected chi connectivity index (χ1v) is 6.27. The Labute approximate surface area is 112 Å². The van der Waals surface area contributed by atoms with E-state index < -0.39 is 5.97 Å². The lowest BCUT2D eigenvalue weighted by Crippen LogP contribution is -2.24. The minimum absolute atomic E-state index is 0.0193. The van der Waals surface area contributed by atoms with Crippen LogP contribution in [0.2, 0.25) is 0 Å². The molecular formula is C13H21N3O3. The maximum atomic E-state index is 10.8. The van der Waals surface area contributed by atoms with E-state index in [1.54, 1.807) is 6.92 Å². The van der Waals surface area contributed by atoms with Crippen molar-refractivity contribution in [2.75, 3.05) is 18.5 Å². The second kappa shape index (κ2) is 6.47. The molecule has 0 aromatic carbocycles. The molecule has 0 saturated carbocycles. The Morgan fingerprint density at radius 2 is 2.16 bits per heavy atom. The molecule has 0 atom stereocenters. The molecule has 0 fully saturated rings. The molecule has 1 rings (SSSR count). The average molecular weight is 267 g/mol. The molecule has 0 bridgehead atoms. The molecule has 0 radical (unpaired) electrons. The van der Waals surface area contributed by atoms with Gasteiger partial charge in [-0.3, -0.25) is 0 Å². The van der Waals surface area contributed by atoms with Crippen LogP contribution in [0, 0.1) is 12.3 Å². The van der Waals surface area contributed by atoms with E-state index in [9.17, 15) is 4.79 Å². The Morgan fingerprint density at radius 3 is 2.68 bits per heavy atom. The first-order chi connectivity index (χ1) is 8.85. The van der Waals surface area contributed by atoms with E-state index in [-0.39, 0.29) is 17.6 Å². The van der Waals surface area contributed by atoms with Crippen LogP contribution < -0.4 is 5.32 Å². The highest BCUT2D eigenvalue weighted by Gasteiger charge is 2.18. The van der Waals surface area contributed by atoms with E-state index in [1.165, 1.54) is 6.20 Å². The lowest BCUT2D eigenvalue weighted by atomic mass is 9.88. The van der Waals surface area contributed by atoms with Crippen LogP contribution in [0.3, 0.4) is 0 Å². The van der Waals surface area contributed by atoms with Gasteiger partial charge in [-0.15, -0.1) is 0 Å². The number of rotatable bonds is 7. The summed E-state index contributed by atoms with van der Waals surface area (Å²) >= 11 is 0. The van der Waals surface area contributed by atoms with E-state index in [4.69, 9.17) is 10.2 Å². The Hall–Kier alpha value is -1.69. The van der Waals surface area contributed by atoms with Crippen LogP contribution in [-0.4, -0.2) is 39.3 Å². The molecule has 19 heavy (non-hydrogen) atoms. The summed E-state index contributed by atoms with van der Waals surface area (Å²) in [5.74, 6) is -0.591. The number of carbonyl (C=O) groups is 1. The summed E-state index contributed by atoms with van der Waals surface area (Å²) in [6.07, 6.45) is 2.96. The molecule has 0 aliphatic rings. The highest BCUT2D eigenvalue weighted by atomic mass is 16.4. The predicted octanol–water partition coefficient (Wildman–Crippen LogP) is 1.69. The van der Waals surface area contributed by atoms with Gasteiger partial charge < -0.3 is 15.5 Å². The van der Waals surface area contributed by atoms with Crippen molar-refractivity contribution >= 4 is 11.9 Å². The van der Waals surface area contributed by atoms with Gasteiger partial charge in [0, 0.05) is 19.3 Å². The molecule has 6 heteroatoms. The highest BCUT2D eigenvalue weighted by molar-refractivity contribution is 5.88. The van der Waals surface area contributed by atoms with E-state index in [1.807, 2.05) is 0 Å². The van der Waals surface area contributed by atoms with Crippen LogP contribution in [0.25, 0.3) is 0 Å². The second-order valence-electron chi connectivity index (χ2n) is 5.34. The van der Waals surface area contributed by atoms with Gasteiger partial charge in [-0.05, 0) is 25.2 Å². The van der Waals surface area contributed by atoms with Crippen molar-refractivity contribution < 1.29 is 15.0 Å². The molecule has 0 amide bonds. The van der Waals surface area contributed by atoms with Crippen LogP contribution >= 0.6 is 0 Å². The Balaban J connectivity index is 2.63. The van der Waals surface area contributed by atoms with Crippen molar-refractivity contribution in [2.24, 2.45) is 5.41 Å². The Morgan fingerprint density at radius 1 is 1.47 bits per heavy atom. The Bertz CT molecular complexity index is 447. The quantitative estimate of drug-likeness (QED) is 0.696. The molecule has 1 aromatic heterocycles. The monoisotopic (exact) mass is 267 g/mol. The van der Waals surface area contributed by atoms with Crippen molar-refractivity contribution in [3.63, 3.8) is 0 Å². The summed E-state index contributed by atoms with van der Waals surface area (Å²) in [6.45, 7) is 6.68. The van der Waals surface area contributed by atoms with Crippen LogP contribution in [0.4, 0.5) is 5.95 Å². The minimum atomic E-state index is -1.02. The van der Waals surface area contributed by atoms with Gasteiger partial charge in [0.25, 0.3) is 0 Å². The maximum absolute atomic E-state index is 10.8. The molecule has 106 valence electrons. The molecule has 3 N–H and O–H groups in total. The van der Waals surface area contributed by atoms with Gasteiger partial charge in [0.15, 0.2) is 0 Å². The van der Waals surface area contributed by atoms with Crippen molar-refractivity contribution in [3.8, 4) is 0 Å². The van der Waals surface area contributed by atoms with Crippen molar-refractivity contribution in [3.05, 3.63) is 17.5 Å². The van der Waals surface area contributed by atoms with Crippen molar-refractivity contribution in [1.82, 2.24) is 9.97 Å². The summed E-state index contributed by atoms with van der Waals surface area (Å²) < 4.78 is 0. The number of aromatic carboxylic acids is 1. The average Bonchev–Trinajstić information content (AvgIpc) is 2.34. The predicted molar refractivity (Wildman–Crippen MR) is 72.3 cm³/mol. The zero-order valence-corrected chi connectivity index (χ0v) is 11.6. The molecule has 0 spiro atoms. The van der Waals surface area contributed by atoms with Crippen LogP contribution in [0.1, 0.15) is 42.7 Å². The first kappa shape index (κ1) is 15.4. The Kier molecular flexibility index (Phi) is 5.23. The number of aryl methyl sites for hydroxylation is 1. The van der Waals surface area contributed by atoms with Gasteiger partial charge in [-0.25, -0.2) is 14.8 Å². The van der Waals surface area contributed by atoms with Crippen molar-refractivity contribution in [1.29, 1.82) is 0 Å². The third-order valence-corrected chi connectivity index (χ3v) is 2.95. The summed E-state index contributed by atoms with van der Waals surface area (Å²) in [4.78, 5) is 19.0. The number of hydrogen-bond donors (Lipinski definition) is 3. The minimum Gasteiger partial charge on any atom is -0.478 e. The van der Waals surface area contributed by atoms with E-state index in [0.717, 1.165) is 12.8 Å². The molecule has 1 aromatic rings. The molecule has 0 aliphatic heterocycles. The number of aromatic nitrogens is 2. The van der Waals surface area contributed by atoms with Gasteiger partial charge in [0.1, 0.15) is 0 Å². The number of aliphatic hydroxyl groups is 1. The summed E-state index contributed by atoms with van der Waals surface area (Å²) in [7, 11) is 0. The largest absolute Gasteiger partial charge is 0.478 e. The number of nitrogens with zero attached hydrogens (tertiary/aromatic N) is 2. The van der Waals surface area contributed by atoms with E-state index in [0.29, 0.717) is 18.2 Å². The molecule has 0 aliphatic carbocycles. The summed E-state index contributed by atoms with van der Waals surface area (Å²) in [5, 5.41) is 20.8. The second-order valence-corrected chi connectivity index (χ2v) is 5.34. The molecule has 1 heterocycles. The highest BCUT2D eigenvalue weighted by Crippen LogP contribution is 2.22. The van der Waals surface area contributed by atoms with Gasteiger partial charge in [0.2, 0.25) is 5.95 Å². The van der Waals surface area contributed by atoms with Gasteiger partial charge in [-0.2, -0.15) is 0 Å². The number of aliphatic hydroxyl groups excluding tert-OH is 1. The molecule has 0 unspecified atom stereocenters. The third-order valence-electron chi connectivity index (χ3n) is 2.95. The molecule has 6 nitrogen and oxygen atoms in total. The SMILES string of the molecule is Cc1nc(NCC(C)(C)CCCO)ncc1C(=O)O. The standard InChI is InChI=1S/C13H21N3O3/c1-9-10(11(18)19)7-14-12(16-9)15-8-13(2,3)5-4-6-17/h7,17H,4-6,8H2,1-3H3,(H,18,19)(H,14,15,16). The zero-order chi connectivity index (χ0) is 14.5. The van der Waals surface area contributed by atoms with Crippen LogP contribution in [0.15, 0.2) is 6.20 Å². The molecule has 0 saturated heterocycles. The maximum Gasteiger partial charge on any atom is 0.339 e. The first-order valence-electron chi connectivity index (χ1n) is 6.27. The number of carboxylic acids is 1. The number of nitrogens with one attached hydrogen (secondary N) is 1.